The number of hydrogen-bond donors (Lipinski definition) is 1. The number of hydrogen-bond acceptors (Lipinski definition) is 7. The van der Waals surface area contributed by atoms with Crippen LogP contribution in [-0.4, -0.2) is 38.4 Å². The average Bonchev–Trinajstić information content (AvgIpc) is 3.31. The summed E-state index contributed by atoms with van der Waals surface area (Å²) in [4.78, 5) is 26.5. The fraction of sp³-hybridized carbons (Fsp3) is 0.400. The zero-order chi connectivity index (χ0) is 25.6. The maximum atomic E-state index is 15.2. The van der Waals surface area contributed by atoms with Gasteiger partial charge in [0.25, 0.3) is 0 Å². The second-order valence-corrected chi connectivity index (χ2v) is 9.70. The van der Waals surface area contributed by atoms with Crippen LogP contribution in [0.2, 0.25) is 0 Å². The monoisotopic (exact) mass is 483 g/mol. The highest BCUT2D eigenvalue weighted by atomic mass is 19.1. The number of nitrogens with one attached hydrogen (secondary N) is 1. The van der Waals surface area contributed by atoms with E-state index in [0.717, 1.165) is 5.56 Å². The Morgan fingerprint density at radius 2 is 1.83 bits per heavy atom. The van der Waals surface area contributed by atoms with Crippen LogP contribution in [-0.2, 0) is 26.4 Å². The molecule has 0 aliphatic rings. The molecule has 2 aromatic carbocycles. The van der Waals surface area contributed by atoms with Crippen LogP contribution in [0.15, 0.2) is 54.9 Å². The maximum Gasteiger partial charge on any atom is 0.408 e. The minimum atomic E-state index is -1.71. The molecule has 3 aromatic rings. The summed E-state index contributed by atoms with van der Waals surface area (Å²) in [6.07, 6.45) is 0.0839. The molecule has 0 spiro atoms. The molecule has 1 aromatic heterocycles. The van der Waals surface area contributed by atoms with Gasteiger partial charge in [-0.2, -0.15) is 4.68 Å². The molecule has 1 amide bonds. The normalized spacial score (nSPS) is 13.2. The Labute approximate surface area is 203 Å². The van der Waals surface area contributed by atoms with Gasteiger partial charge in [-0.15, -0.1) is 5.10 Å². The number of tetrazole rings is 1. The molecule has 0 aliphatic heterocycles. The highest BCUT2D eigenvalue weighted by Crippen LogP contribution is 2.37. The Balaban J connectivity index is 2.02. The number of halogens is 1. The van der Waals surface area contributed by atoms with Crippen LogP contribution in [0.3, 0.4) is 0 Å². The van der Waals surface area contributed by atoms with Crippen LogP contribution < -0.4 is 5.32 Å². The molecule has 0 bridgehead atoms. The molecule has 1 unspecified atom stereocenters. The molecule has 0 aliphatic carbocycles. The number of rotatable bonds is 8. The van der Waals surface area contributed by atoms with Crippen molar-refractivity contribution < 1.29 is 23.5 Å². The van der Waals surface area contributed by atoms with Crippen molar-refractivity contribution in [1.29, 1.82) is 0 Å². The minimum absolute atomic E-state index is 0.00406. The highest BCUT2D eigenvalue weighted by molar-refractivity contribution is 5.87. The lowest BCUT2D eigenvalue weighted by Gasteiger charge is -2.38. The summed E-state index contributed by atoms with van der Waals surface area (Å²) in [5.74, 6) is -1.39. The first-order valence-electron chi connectivity index (χ1n) is 11.2. The van der Waals surface area contributed by atoms with Gasteiger partial charge in [-0.1, -0.05) is 57.2 Å². The topological polar surface area (TPSA) is 108 Å². The van der Waals surface area contributed by atoms with E-state index in [1.54, 1.807) is 19.9 Å². The number of alkyl carbamates (subject to hydrolysis) is 1. The number of carbonyl (C=O) groups excluding carboxylic acids is 2. The smallest absolute Gasteiger partial charge is 0.408 e. The van der Waals surface area contributed by atoms with E-state index in [0.29, 0.717) is 0 Å². The van der Waals surface area contributed by atoms with E-state index < -0.39 is 34.9 Å². The van der Waals surface area contributed by atoms with Gasteiger partial charge >= 0.3 is 12.1 Å². The Morgan fingerprint density at radius 3 is 2.40 bits per heavy atom. The van der Waals surface area contributed by atoms with Gasteiger partial charge in [0, 0.05) is 0 Å². The third-order valence-electron chi connectivity index (χ3n) is 5.05. The Hall–Kier alpha value is -3.82. The number of amides is 1. The Kier molecular flexibility index (Phi) is 7.83. The van der Waals surface area contributed by atoms with E-state index in [9.17, 15) is 9.59 Å². The van der Waals surface area contributed by atoms with Gasteiger partial charge < -0.3 is 14.8 Å². The lowest BCUT2D eigenvalue weighted by atomic mass is 9.75. The predicted molar refractivity (Wildman–Crippen MR) is 126 cm³/mol. The molecule has 0 saturated carbocycles. The fourth-order valence-corrected chi connectivity index (χ4v) is 3.73. The van der Waals surface area contributed by atoms with Crippen molar-refractivity contribution in [1.82, 2.24) is 25.5 Å². The summed E-state index contributed by atoms with van der Waals surface area (Å²) in [6.45, 7) is 9.14. The lowest BCUT2D eigenvalue weighted by molar-refractivity contribution is -0.157. The van der Waals surface area contributed by atoms with Gasteiger partial charge in [-0.25, -0.2) is 14.0 Å². The molecular weight excluding hydrogens is 453 g/mol. The van der Waals surface area contributed by atoms with Gasteiger partial charge in [0.05, 0.1) is 6.10 Å². The summed E-state index contributed by atoms with van der Waals surface area (Å²) in [5, 5.41) is 13.5. The van der Waals surface area contributed by atoms with E-state index >= 15 is 4.39 Å². The molecule has 35 heavy (non-hydrogen) atoms. The second-order valence-electron chi connectivity index (χ2n) is 9.70. The van der Waals surface area contributed by atoms with Crippen LogP contribution in [0.5, 0.6) is 0 Å². The quantitative estimate of drug-likeness (QED) is 0.476. The maximum absolute atomic E-state index is 15.2. The van der Waals surface area contributed by atoms with Crippen LogP contribution in [0, 0.1) is 11.2 Å². The number of benzene rings is 2. The minimum Gasteiger partial charge on any atom is -0.461 e. The first-order chi connectivity index (χ1) is 16.5. The summed E-state index contributed by atoms with van der Waals surface area (Å²) < 4.78 is 27.3. The van der Waals surface area contributed by atoms with Gasteiger partial charge in [-0.05, 0) is 59.4 Å². The predicted octanol–water partition coefficient (Wildman–Crippen LogP) is 4.31. The molecule has 1 N–H and O–H groups in total. The van der Waals surface area contributed by atoms with Gasteiger partial charge in [0.15, 0.2) is 5.54 Å². The molecule has 0 fully saturated rings. The highest BCUT2D eigenvalue weighted by Gasteiger charge is 2.47. The molecule has 10 heteroatoms. The van der Waals surface area contributed by atoms with Crippen molar-refractivity contribution in [3.05, 3.63) is 71.8 Å². The van der Waals surface area contributed by atoms with Crippen molar-refractivity contribution in [3.63, 3.8) is 0 Å². The molecule has 3 rings (SSSR count). The van der Waals surface area contributed by atoms with Crippen LogP contribution in [0.1, 0.15) is 52.2 Å². The Bertz CT molecular complexity index is 1150. The van der Waals surface area contributed by atoms with Gasteiger partial charge in [0.2, 0.25) is 0 Å². The SMILES string of the molecule is CC(C)OC(=O)C(CC(C)(C)C)(NC(=O)OCc1ccccc1)c1ccc(-n2cnnn2)c(F)c1. The van der Waals surface area contributed by atoms with Crippen LogP contribution in [0.4, 0.5) is 9.18 Å². The summed E-state index contributed by atoms with van der Waals surface area (Å²) in [7, 11) is 0. The molecule has 0 radical (unpaired) electrons. The van der Waals surface area contributed by atoms with Crippen molar-refractivity contribution >= 4 is 12.1 Å². The average molecular weight is 484 g/mol. The van der Waals surface area contributed by atoms with Gasteiger partial charge in [0.1, 0.15) is 24.4 Å². The van der Waals surface area contributed by atoms with Gasteiger partial charge in [-0.3, -0.25) is 0 Å². The van der Waals surface area contributed by atoms with Crippen molar-refractivity contribution in [2.45, 2.75) is 59.3 Å². The van der Waals surface area contributed by atoms with E-state index in [1.807, 2.05) is 51.1 Å². The molecule has 1 heterocycles. The molecular formula is C25H30FN5O4. The number of aromatic nitrogens is 4. The molecule has 186 valence electrons. The van der Waals surface area contributed by atoms with E-state index in [1.165, 1.54) is 23.1 Å². The largest absolute Gasteiger partial charge is 0.461 e. The first-order valence-corrected chi connectivity index (χ1v) is 11.2. The van der Waals surface area contributed by atoms with E-state index in [4.69, 9.17) is 9.47 Å². The third kappa shape index (κ3) is 6.62. The standard InChI is InChI=1S/C25H30FN5O4/c1-17(2)35-22(32)25(15-24(3,4)5,28-23(33)34-14-18-9-7-6-8-10-18)19-11-12-21(20(26)13-19)31-16-27-29-30-31/h6-13,16-17H,14-15H2,1-5H3,(H,28,33). The van der Waals surface area contributed by atoms with Crippen LogP contribution >= 0.6 is 0 Å². The van der Waals surface area contributed by atoms with Crippen molar-refractivity contribution in [2.24, 2.45) is 5.41 Å². The zero-order valence-corrected chi connectivity index (χ0v) is 20.5. The first kappa shape index (κ1) is 25.8. The van der Waals surface area contributed by atoms with Crippen molar-refractivity contribution in [2.75, 3.05) is 0 Å². The number of ether oxygens (including phenoxy) is 2. The van der Waals surface area contributed by atoms with Crippen molar-refractivity contribution in [3.8, 4) is 5.69 Å². The Morgan fingerprint density at radius 1 is 1.11 bits per heavy atom. The number of esters is 1. The summed E-state index contributed by atoms with van der Waals surface area (Å²) in [5.41, 5.74) is -1.09. The molecule has 1 atom stereocenters. The second kappa shape index (κ2) is 10.6. The zero-order valence-electron chi connectivity index (χ0n) is 20.5. The molecule has 9 nitrogen and oxygen atoms in total. The lowest BCUT2D eigenvalue weighted by Crippen LogP contribution is -2.55. The van der Waals surface area contributed by atoms with Crippen LogP contribution in [0.25, 0.3) is 5.69 Å². The summed E-state index contributed by atoms with van der Waals surface area (Å²) in [6, 6.07) is 13.3. The fourth-order valence-electron chi connectivity index (χ4n) is 3.73. The van der Waals surface area contributed by atoms with E-state index in [2.05, 4.69) is 20.8 Å². The number of carbonyl (C=O) groups is 2. The summed E-state index contributed by atoms with van der Waals surface area (Å²) >= 11 is 0. The molecule has 0 saturated heterocycles. The van der Waals surface area contributed by atoms with E-state index in [-0.39, 0.29) is 24.3 Å². The number of nitrogens with zero attached hydrogens (tertiary/aromatic N) is 4. The third-order valence-corrected chi connectivity index (χ3v) is 5.05.